The first-order chi connectivity index (χ1) is 13.8. The first kappa shape index (κ1) is 21.5. The minimum absolute atomic E-state index is 0.141. The van der Waals surface area contributed by atoms with E-state index in [4.69, 9.17) is 0 Å². The molecule has 3 N–H and O–H groups in total. The third-order valence-electron chi connectivity index (χ3n) is 4.11. The zero-order valence-corrected chi connectivity index (χ0v) is 19.0. The highest BCUT2D eigenvalue weighted by Gasteiger charge is 2.12. The molecule has 9 heteroatoms. The number of aliphatic hydroxyl groups is 1. The third-order valence-corrected chi connectivity index (χ3v) is 5.57. The van der Waals surface area contributed by atoms with E-state index in [1.54, 1.807) is 13.1 Å². The monoisotopic (exact) mass is 474 g/mol. The van der Waals surface area contributed by atoms with E-state index in [2.05, 4.69) is 46.5 Å². The van der Waals surface area contributed by atoms with Crippen LogP contribution in [0.3, 0.4) is 0 Å². The molecule has 2 aromatic heterocycles. The second-order valence-corrected chi connectivity index (χ2v) is 8.64. The van der Waals surface area contributed by atoms with Gasteiger partial charge in [-0.2, -0.15) is 4.98 Å². The predicted octanol–water partition coefficient (Wildman–Crippen LogP) is 4.72. The Balaban J connectivity index is 1.69. The number of nitrogens with one attached hydrogen (secondary N) is 2. The Labute approximate surface area is 182 Å². The Hall–Kier alpha value is -2.23. The summed E-state index contributed by atoms with van der Waals surface area (Å²) in [6.45, 7) is 7.56. The van der Waals surface area contributed by atoms with Gasteiger partial charge in [-0.05, 0) is 85.7 Å². The van der Waals surface area contributed by atoms with Crippen LogP contribution in [0.2, 0.25) is 0 Å². The fraction of sp³-hybridized carbons (Fsp3) is 0.300. The lowest BCUT2D eigenvalue weighted by Gasteiger charge is -2.18. The van der Waals surface area contributed by atoms with E-state index in [0.717, 1.165) is 31.6 Å². The van der Waals surface area contributed by atoms with Gasteiger partial charge in [-0.15, -0.1) is 0 Å². The molecular weight excluding hydrogens is 452 g/mol. The molecule has 29 heavy (non-hydrogen) atoms. The summed E-state index contributed by atoms with van der Waals surface area (Å²) in [6.07, 6.45) is 1.17. The van der Waals surface area contributed by atoms with Gasteiger partial charge in [-0.1, -0.05) is 0 Å². The average Bonchev–Trinajstić information content (AvgIpc) is 2.65. The van der Waals surface area contributed by atoms with E-state index in [9.17, 15) is 5.11 Å². The number of benzene rings is 1. The summed E-state index contributed by atoms with van der Waals surface area (Å²) < 4.78 is 0.732. The second-order valence-electron chi connectivity index (χ2n) is 6.75. The highest BCUT2D eigenvalue weighted by atomic mass is 79.9. The van der Waals surface area contributed by atoms with Crippen LogP contribution in [-0.4, -0.2) is 37.2 Å². The quantitative estimate of drug-likeness (QED) is 0.423. The Bertz CT molecular complexity index is 963. The zero-order chi connectivity index (χ0) is 21.0. The summed E-state index contributed by atoms with van der Waals surface area (Å²) in [5.41, 5.74) is 2.78. The molecule has 0 aliphatic carbocycles. The van der Waals surface area contributed by atoms with Crippen molar-refractivity contribution in [1.82, 2.24) is 19.9 Å². The molecular formula is C20H23BrN6OS. The Morgan fingerprint density at radius 1 is 1.03 bits per heavy atom. The number of aryl methyl sites for hydroxylation is 2. The first-order valence-electron chi connectivity index (χ1n) is 9.14. The fourth-order valence-corrected chi connectivity index (χ4v) is 3.61. The molecule has 3 aromatic rings. The van der Waals surface area contributed by atoms with Gasteiger partial charge in [0.2, 0.25) is 5.95 Å². The molecule has 0 saturated carbocycles. The highest BCUT2D eigenvalue weighted by molar-refractivity contribution is 9.10. The number of halogens is 1. The molecule has 0 radical (unpaired) electrons. The fourth-order valence-electron chi connectivity index (χ4n) is 2.44. The number of aliphatic hydroxyl groups excluding tert-OH is 1. The number of anilines is 3. The van der Waals surface area contributed by atoms with E-state index in [1.807, 2.05) is 51.1 Å². The Morgan fingerprint density at radius 3 is 2.31 bits per heavy atom. The van der Waals surface area contributed by atoms with Crippen molar-refractivity contribution in [2.45, 2.75) is 49.9 Å². The standard InChI is InChI=1S/C20H23BrN6OS/c1-11-9-12(2)24-20(23-11)29-16-7-5-15(6-8-16)26-19-22-10-17(21)18(27-19)25-13(3)14(4)28/h5-10,13-14,28H,1-4H3,(H2,22,25,26,27)/t13?,14-/m1/s1. The summed E-state index contributed by atoms with van der Waals surface area (Å²) in [7, 11) is 0. The molecule has 152 valence electrons. The molecule has 2 heterocycles. The smallest absolute Gasteiger partial charge is 0.229 e. The van der Waals surface area contributed by atoms with Gasteiger partial charge in [0, 0.05) is 28.2 Å². The van der Waals surface area contributed by atoms with E-state index >= 15 is 0 Å². The van der Waals surface area contributed by atoms with Gasteiger partial charge in [-0.3, -0.25) is 0 Å². The minimum Gasteiger partial charge on any atom is -0.391 e. The summed E-state index contributed by atoms with van der Waals surface area (Å²) in [5.74, 6) is 1.08. The maximum absolute atomic E-state index is 9.69. The van der Waals surface area contributed by atoms with Crippen molar-refractivity contribution in [2.75, 3.05) is 10.6 Å². The van der Waals surface area contributed by atoms with Gasteiger partial charge in [0.25, 0.3) is 0 Å². The van der Waals surface area contributed by atoms with Crippen LogP contribution < -0.4 is 10.6 Å². The summed E-state index contributed by atoms with van der Waals surface area (Å²) in [6, 6.07) is 9.74. The molecule has 0 spiro atoms. The number of nitrogens with zero attached hydrogens (tertiary/aromatic N) is 4. The number of hydrogen-bond acceptors (Lipinski definition) is 8. The zero-order valence-electron chi connectivity index (χ0n) is 16.6. The predicted molar refractivity (Wildman–Crippen MR) is 120 cm³/mol. The number of rotatable bonds is 7. The van der Waals surface area contributed by atoms with Gasteiger partial charge in [-0.25, -0.2) is 15.0 Å². The third kappa shape index (κ3) is 6.12. The lowest BCUT2D eigenvalue weighted by molar-refractivity contribution is 0.177. The number of aromatic nitrogens is 4. The molecule has 1 aromatic carbocycles. The summed E-state index contributed by atoms with van der Waals surface area (Å²) in [5, 5.41) is 16.8. The number of hydrogen-bond donors (Lipinski definition) is 3. The van der Waals surface area contributed by atoms with E-state index in [0.29, 0.717) is 11.8 Å². The average molecular weight is 475 g/mol. The summed E-state index contributed by atoms with van der Waals surface area (Å²) >= 11 is 4.96. The normalized spacial score (nSPS) is 13.0. The van der Waals surface area contributed by atoms with Crippen molar-refractivity contribution >= 4 is 45.1 Å². The van der Waals surface area contributed by atoms with Crippen LogP contribution in [0.4, 0.5) is 17.5 Å². The topological polar surface area (TPSA) is 95.9 Å². The van der Waals surface area contributed by atoms with Crippen LogP contribution >= 0.6 is 27.7 Å². The van der Waals surface area contributed by atoms with Crippen LogP contribution in [0.1, 0.15) is 25.2 Å². The molecule has 0 amide bonds. The minimum atomic E-state index is -0.500. The van der Waals surface area contributed by atoms with Gasteiger partial charge in [0.15, 0.2) is 5.16 Å². The highest BCUT2D eigenvalue weighted by Crippen LogP contribution is 2.27. The van der Waals surface area contributed by atoms with Gasteiger partial charge >= 0.3 is 0 Å². The molecule has 2 atom stereocenters. The van der Waals surface area contributed by atoms with Crippen molar-refractivity contribution in [1.29, 1.82) is 0 Å². The molecule has 0 bridgehead atoms. The van der Waals surface area contributed by atoms with E-state index in [1.165, 1.54) is 11.8 Å². The molecule has 7 nitrogen and oxygen atoms in total. The van der Waals surface area contributed by atoms with Crippen LogP contribution in [-0.2, 0) is 0 Å². The van der Waals surface area contributed by atoms with Gasteiger partial charge < -0.3 is 15.7 Å². The first-order valence-corrected chi connectivity index (χ1v) is 10.8. The molecule has 0 aliphatic heterocycles. The van der Waals surface area contributed by atoms with Crippen molar-refractivity contribution in [3.05, 3.63) is 52.4 Å². The van der Waals surface area contributed by atoms with E-state index < -0.39 is 6.10 Å². The summed E-state index contributed by atoms with van der Waals surface area (Å²) in [4.78, 5) is 18.7. The van der Waals surface area contributed by atoms with Crippen LogP contribution in [0.15, 0.2) is 51.1 Å². The Morgan fingerprint density at radius 2 is 1.69 bits per heavy atom. The maximum Gasteiger partial charge on any atom is 0.229 e. The van der Waals surface area contributed by atoms with Crippen LogP contribution in [0.25, 0.3) is 0 Å². The SMILES string of the molecule is Cc1cc(C)nc(Sc2ccc(Nc3ncc(Br)c(NC(C)[C@@H](C)O)n3)cc2)n1. The lowest BCUT2D eigenvalue weighted by Crippen LogP contribution is -2.28. The van der Waals surface area contributed by atoms with Crippen molar-refractivity contribution in [3.8, 4) is 0 Å². The van der Waals surface area contributed by atoms with Crippen LogP contribution in [0, 0.1) is 13.8 Å². The van der Waals surface area contributed by atoms with E-state index in [-0.39, 0.29) is 6.04 Å². The van der Waals surface area contributed by atoms with Gasteiger partial charge in [0.05, 0.1) is 16.6 Å². The largest absolute Gasteiger partial charge is 0.391 e. The Kier molecular flexibility index (Phi) is 7.05. The van der Waals surface area contributed by atoms with Gasteiger partial charge in [0.1, 0.15) is 5.82 Å². The molecule has 3 rings (SSSR count). The second kappa shape index (κ2) is 9.51. The van der Waals surface area contributed by atoms with Crippen molar-refractivity contribution < 1.29 is 5.11 Å². The van der Waals surface area contributed by atoms with Crippen molar-refractivity contribution in [2.24, 2.45) is 0 Å². The maximum atomic E-state index is 9.69. The molecule has 0 aliphatic rings. The lowest BCUT2D eigenvalue weighted by atomic mass is 10.2. The molecule has 0 saturated heterocycles. The van der Waals surface area contributed by atoms with Crippen LogP contribution in [0.5, 0.6) is 0 Å². The van der Waals surface area contributed by atoms with Crippen molar-refractivity contribution in [3.63, 3.8) is 0 Å². The molecule has 0 fully saturated rings. The molecule has 1 unspecified atom stereocenters.